The van der Waals surface area contributed by atoms with E-state index in [2.05, 4.69) is 44.3 Å². The number of methoxy groups -OCH3 is 2. The van der Waals surface area contributed by atoms with Gasteiger partial charge in [-0.1, -0.05) is 32.9 Å². The molecule has 0 amide bonds. The monoisotopic (exact) mass is 265 g/mol. The SMILES string of the molecule is CNCC(COC)c1cc(C(C)(C)C)ccc1OC. The zero-order chi connectivity index (χ0) is 14.5. The van der Waals surface area contributed by atoms with Crippen molar-refractivity contribution < 1.29 is 9.47 Å². The first-order chi connectivity index (χ1) is 8.93. The van der Waals surface area contributed by atoms with Crippen LogP contribution in [0.15, 0.2) is 18.2 Å². The number of rotatable bonds is 6. The number of ether oxygens (including phenoxy) is 2. The average molecular weight is 265 g/mol. The van der Waals surface area contributed by atoms with Gasteiger partial charge in [-0.2, -0.15) is 0 Å². The quantitative estimate of drug-likeness (QED) is 0.858. The highest BCUT2D eigenvalue weighted by Gasteiger charge is 2.20. The van der Waals surface area contributed by atoms with Crippen LogP contribution in [0.1, 0.15) is 37.8 Å². The number of likely N-dealkylation sites (N-methyl/N-ethyl adjacent to an activating group) is 1. The minimum absolute atomic E-state index is 0.137. The van der Waals surface area contributed by atoms with Crippen molar-refractivity contribution >= 4 is 0 Å². The standard InChI is InChI=1S/C16H27NO2/c1-16(2,3)13-7-8-15(19-6)14(9-13)12(10-17-4)11-18-5/h7-9,12,17H,10-11H2,1-6H3. The maximum atomic E-state index is 5.50. The van der Waals surface area contributed by atoms with Gasteiger partial charge in [0.1, 0.15) is 5.75 Å². The van der Waals surface area contributed by atoms with Gasteiger partial charge in [0, 0.05) is 25.1 Å². The van der Waals surface area contributed by atoms with E-state index >= 15 is 0 Å². The topological polar surface area (TPSA) is 30.5 Å². The summed E-state index contributed by atoms with van der Waals surface area (Å²) >= 11 is 0. The fourth-order valence-corrected chi connectivity index (χ4v) is 2.23. The first kappa shape index (κ1) is 16.0. The molecule has 0 aliphatic heterocycles. The molecule has 0 aromatic heterocycles. The summed E-state index contributed by atoms with van der Waals surface area (Å²) < 4.78 is 10.8. The van der Waals surface area contributed by atoms with Crippen LogP contribution in [0.25, 0.3) is 0 Å². The van der Waals surface area contributed by atoms with Crippen LogP contribution in [0.3, 0.4) is 0 Å². The molecule has 0 saturated heterocycles. The van der Waals surface area contributed by atoms with Gasteiger partial charge in [-0.25, -0.2) is 0 Å². The van der Waals surface area contributed by atoms with Crippen LogP contribution in [-0.2, 0) is 10.2 Å². The van der Waals surface area contributed by atoms with Gasteiger partial charge in [0.05, 0.1) is 13.7 Å². The van der Waals surface area contributed by atoms with Crippen molar-refractivity contribution in [2.75, 3.05) is 34.4 Å². The highest BCUT2D eigenvalue weighted by atomic mass is 16.5. The van der Waals surface area contributed by atoms with Gasteiger partial charge in [0.15, 0.2) is 0 Å². The Hall–Kier alpha value is -1.06. The molecule has 1 atom stereocenters. The Bertz CT molecular complexity index is 390. The van der Waals surface area contributed by atoms with Gasteiger partial charge < -0.3 is 14.8 Å². The van der Waals surface area contributed by atoms with E-state index in [0.717, 1.165) is 12.3 Å². The lowest BCUT2D eigenvalue weighted by atomic mass is 9.84. The lowest BCUT2D eigenvalue weighted by Crippen LogP contribution is -2.22. The molecule has 1 rings (SSSR count). The number of benzene rings is 1. The molecule has 0 saturated carbocycles. The minimum Gasteiger partial charge on any atom is -0.496 e. The van der Waals surface area contributed by atoms with Gasteiger partial charge in [-0.3, -0.25) is 0 Å². The molecule has 1 N–H and O–H groups in total. The minimum atomic E-state index is 0.137. The first-order valence-electron chi connectivity index (χ1n) is 6.76. The molecule has 0 radical (unpaired) electrons. The van der Waals surface area contributed by atoms with Crippen LogP contribution in [0, 0.1) is 0 Å². The van der Waals surface area contributed by atoms with Crippen molar-refractivity contribution in [2.24, 2.45) is 0 Å². The lowest BCUT2D eigenvalue weighted by molar-refractivity contribution is 0.177. The Morgan fingerprint density at radius 3 is 2.37 bits per heavy atom. The van der Waals surface area contributed by atoms with Crippen molar-refractivity contribution in [1.29, 1.82) is 0 Å². The fourth-order valence-electron chi connectivity index (χ4n) is 2.23. The maximum Gasteiger partial charge on any atom is 0.122 e. The summed E-state index contributed by atoms with van der Waals surface area (Å²) in [5, 5.41) is 3.23. The van der Waals surface area contributed by atoms with Crippen molar-refractivity contribution in [3.63, 3.8) is 0 Å². The molecule has 0 spiro atoms. The van der Waals surface area contributed by atoms with Crippen LogP contribution in [0.2, 0.25) is 0 Å². The Balaban J connectivity index is 3.19. The van der Waals surface area contributed by atoms with Gasteiger partial charge in [0.2, 0.25) is 0 Å². The first-order valence-corrected chi connectivity index (χ1v) is 6.76. The molecule has 0 heterocycles. The second-order valence-electron chi connectivity index (χ2n) is 5.92. The number of hydrogen-bond acceptors (Lipinski definition) is 3. The summed E-state index contributed by atoms with van der Waals surface area (Å²) in [6, 6.07) is 6.46. The van der Waals surface area contributed by atoms with Crippen molar-refractivity contribution in [3.8, 4) is 5.75 Å². The Labute approximate surface area is 117 Å². The van der Waals surface area contributed by atoms with E-state index in [1.807, 2.05) is 7.05 Å². The second-order valence-corrected chi connectivity index (χ2v) is 5.92. The molecule has 3 nitrogen and oxygen atoms in total. The molecule has 1 aromatic carbocycles. The van der Waals surface area contributed by atoms with Crippen LogP contribution in [0.5, 0.6) is 5.75 Å². The highest BCUT2D eigenvalue weighted by Crippen LogP contribution is 2.32. The molecule has 0 aliphatic carbocycles. The van der Waals surface area contributed by atoms with E-state index in [4.69, 9.17) is 9.47 Å². The molecule has 19 heavy (non-hydrogen) atoms. The molecule has 3 heteroatoms. The largest absolute Gasteiger partial charge is 0.496 e. The maximum absolute atomic E-state index is 5.50. The van der Waals surface area contributed by atoms with Gasteiger partial charge in [-0.05, 0) is 24.1 Å². The van der Waals surface area contributed by atoms with Gasteiger partial charge in [-0.15, -0.1) is 0 Å². The summed E-state index contributed by atoms with van der Waals surface area (Å²) in [6.45, 7) is 8.23. The lowest BCUT2D eigenvalue weighted by Gasteiger charge is -2.24. The molecular formula is C16H27NO2. The molecule has 0 aliphatic rings. The molecule has 108 valence electrons. The van der Waals surface area contributed by atoms with Gasteiger partial charge >= 0.3 is 0 Å². The van der Waals surface area contributed by atoms with Crippen molar-refractivity contribution in [1.82, 2.24) is 5.32 Å². The molecule has 0 bridgehead atoms. The van der Waals surface area contributed by atoms with E-state index in [1.54, 1.807) is 14.2 Å². The number of nitrogens with one attached hydrogen (secondary N) is 1. The van der Waals surface area contributed by atoms with E-state index < -0.39 is 0 Å². The van der Waals surface area contributed by atoms with Crippen LogP contribution >= 0.6 is 0 Å². The zero-order valence-corrected chi connectivity index (χ0v) is 13.0. The Kier molecular flexibility index (Phi) is 5.83. The number of hydrogen-bond donors (Lipinski definition) is 1. The Morgan fingerprint density at radius 1 is 1.21 bits per heavy atom. The third kappa shape index (κ3) is 4.22. The summed E-state index contributed by atoms with van der Waals surface area (Å²) in [5.74, 6) is 1.23. The van der Waals surface area contributed by atoms with Crippen molar-refractivity contribution in [3.05, 3.63) is 29.3 Å². The van der Waals surface area contributed by atoms with Crippen LogP contribution in [0.4, 0.5) is 0 Å². The smallest absolute Gasteiger partial charge is 0.122 e. The molecule has 1 unspecified atom stereocenters. The van der Waals surface area contributed by atoms with Crippen molar-refractivity contribution in [2.45, 2.75) is 32.1 Å². The van der Waals surface area contributed by atoms with Crippen LogP contribution in [-0.4, -0.2) is 34.4 Å². The third-order valence-corrected chi connectivity index (χ3v) is 3.35. The highest BCUT2D eigenvalue weighted by molar-refractivity contribution is 5.42. The predicted molar refractivity (Wildman–Crippen MR) is 80.2 cm³/mol. The molecule has 0 fully saturated rings. The summed E-state index contributed by atoms with van der Waals surface area (Å²) in [5.41, 5.74) is 2.67. The summed E-state index contributed by atoms with van der Waals surface area (Å²) in [6.07, 6.45) is 0. The Morgan fingerprint density at radius 2 is 1.89 bits per heavy atom. The van der Waals surface area contributed by atoms with Gasteiger partial charge in [0.25, 0.3) is 0 Å². The normalized spacial score (nSPS) is 13.4. The van der Waals surface area contributed by atoms with E-state index in [1.165, 1.54) is 11.1 Å². The summed E-state index contributed by atoms with van der Waals surface area (Å²) in [4.78, 5) is 0. The van der Waals surface area contributed by atoms with E-state index in [0.29, 0.717) is 12.5 Å². The summed E-state index contributed by atoms with van der Waals surface area (Å²) in [7, 11) is 5.42. The predicted octanol–water partition coefficient (Wildman–Crippen LogP) is 2.94. The average Bonchev–Trinajstić information content (AvgIpc) is 2.36. The third-order valence-electron chi connectivity index (χ3n) is 3.35. The van der Waals surface area contributed by atoms with E-state index in [9.17, 15) is 0 Å². The van der Waals surface area contributed by atoms with E-state index in [-0.39, 0.29) is 5.41 Å². The zero-order valence-electron chi connectivity index (χ0n) is 13.0. The fraction of sp³-hybridized carbons (Fsp3) is 0.625. The molecular weight excluding hydrogens is 238 g/mol. The second kappa shape index (κ2) is 6.92. The molecule has 1 aromatic rings. The van der Waals surface area contributed by atoms with Crippen LogP contribution < -0.4 is 10.1 Å².